The zero-order valence-corrected chi connectivity index (χ0v) is 9.74. The fraction of sp³-hybridized carbons (Fsp3) is 0.0769. The highest BCUT2D eigenvalue weighted by atomic mass is 15.4. The summed E-state index contributed by atoms with van der Waals surface area (Å²) in [5.41, 5.74) is 7.55. The molecule has 0 aliphatic heterocycles. The molecule has 0 fully saturated rings. The molecule has 1 aromatic carbocycles. The van der Waals surface area contributed by atoms with Gasteiger partial charge < -0.3 is 11.1 Å². The van der Waals surface area contributed by atoms with Gasteiger partial charge in [0.25, 0.3) is 0 Å². The van der Waals surface area contributed by atoms with Crippen LogP contribution in [0.3, 0.4) is 0 Å². The van der Waals surface area contributed by atoms with Crippen LogP contribution >= 0.6 is 0 Å². The Labute approximate surface area is 104 Å². The van der Waals surface area contributed by atoms with Gasteiger partial charge in [0.2, 0.25) is 5.95 Å². The van der Waals surface area contributed by atoms with Crippen molar-refractivity contribution in [2.75, 3.05) is 11.1 Å². The zero-order valence-electron chi connectivity index (χ0n) is 9.74. The number of rotatable bonds is 3. The van der Waals surface area contributed by atoms with E-state index in [1.165, 1.54) is 5.56 Å². The van der Waals surface area contributed by atoms with Gasteiger partial charge in [0.1, 0.15) is 5.82 Å². The quantitative estimate of drug-likeness (QED) is 0.732. The fourth-order valence-electron chi connectivity index (χ4n) is 1.84. The summed E-state index contributed by atoms with van der Waals surface area (Å²) in [6, 6.07) is 15.9. The van der Waals surface area contributed by atoms with E-state index in [1.54, 1.807) is 4.52 Å². The summed E-state index contributed by atoms with van der Waals surface area (Å²) in [6.07, 6.45) is 0. The van der Waals surface area contributed by atoms with E-state index in [9.17, 15) is 0 Å². The maximum Gasteiger partial charge on any atom is 0.240 e. The molecule has 5 nitrogen and oxygen atoms in total. The van der Waals surface area contributed by atoms with E-state index in [0.717, 1.165) is 18.0 Å². The smallest absolute Gasteiger partial charge is 0.240 e. The van der Waals surface area contributed by atoms with Gasteiger partial charge in [-0.1, -0.05) is 36.4 Å². The van der Waals surface area contributed by atoms with Crippen molar-refractivity contribution in [3.63, 3.8) is 0 Å². The number of pyridine rings is 1. The summed E-state index contributed by atoms with van der Waals surface area (Å²) in [4.78, 5) is 4.12. The average Bonchev–Trinajstić information content (AvgIpc) is 2.78. The predicted molar refractivity (Wildman–Crippen MR) is 71.2 cm³/mol. The number of hydrogen-bond acceptors (Lipinski definition) is 4. The number of nitrogen functional groups attached to an aromatic ring is 1. The molecule has 3 N–H and O–H groups in total. The van der Waals surface area contributed by atoms with E-state index in [2.05, 4.69) is 27.5 Å². The molecule has 2 aromatic heterocycles. The molecule has 0 amide bonds. The number of aromatic nitrogens is 3. The summed E-state index contributed by atoms with van der Waals surface area (Å²) in [5, 5.41) is 7.47. The monoisotopic (exact) mass is 239 g/mol. The molecular formula is C13H13N5. The lowest BCUT2D eigenvalue weighted by molar-refractivity contribution is 0.949. The molecule has 3 aromatic rings. The third-order valence-corrected chi connectivity index (χ3v) is 2.69. The number of nitrogens with two attached hydrogens (primary N) is 1. The molecule has 0 unspecified atom stereocenters. The minimum Gasteiger partial charge on any atom is -0.366 e. The van der Waals surface area contributed by atoms with E-state index in [0.29, 0.717) is 0 Å². The highest BCUT2D eigenvalue weighted by molar-refractivity contribution is 5.51. The van der Waals surface area contributed by atoms with Crippen LogP contribution in [0.15, 0.2) is 48.5 Å². The van der Waals surface area contributed by atoms with Crippen molar-refractivity contribution in [2.45, 2.75) is 6.54 Å². The molecule has 0 spiro atoms. The fourth-order valence-corrected chi connectivity index (χ4v) is 1.84. The first kappa shape index (κ1) is 10.6. The number of fused-ring (bicyclic) bond motifs is 1. The van der Waals surface area contributed by atoms with Gasteiger partial charge in [0.05, 0.1) is 0 Å². The Morgan fingerprint density at radius 3 is 2.72 bits per heavy atom. The molecule has 0 aliphatic carbocycles. The minimum atomic E-state index is 0.281. The third kappa shape index (κ3) is 1.98. The van der Waals surface area contributed by atoms with Crippen LogP contribution in [-0.2, 0) is 6.54 Å². The molecule has 90 valence electrons. The minimum absolute atomic E-state index is 0.281. The van der Waals surface area contributed by atoms with Gasteiger partial charge in [-0.3, -0.25) is 0 Å². The van der Waals surface area contributed by atoms with Crippen LogP contribution in [0, 0.1) is 0 Å². The van der Waals surface area contributed by atoms with Gasteiger partial charge in [-0.05, 0) is 17.7 Å². The van der Waals surface area contributed by atoms with E-state index in [-0.39, 0.29) is 5.95 Å². The molecule has 2 heterocycles. The predicted octanol–water partition coefficient (Wildman–Crippen LogP) is 1.92. The topological polar surface area (TPSA) is 68.2 Å². The van der Waals surface area contributed by atoms with Crippen molar-refractivity contribution in [3.05, 3.63) is 54.1 Å². The first-order valence-electron chi connectivity index (χ1n) is 5.72. The molecule has 18 heavy (non-hydrogen) atoms. The Balaban J connectivity index is 1.86. The van der Waals surface area contributed by atoms with Crippen LogP contribution in [0.4, 0.5) is 11.8 Å². The Morgan fingerprint density at radius 2 is 1.89 bits per heavy atom. The highest BCUT2D eigenvalue weighted by Crippen LogP contribution is 2.12. The number of hydrogen-bond donors (Lipinski definition) is 2. The zero-order chi connectivity index (χ0) is 12.4. The number of anilines is 2. The standard InChI is InChI=1S/C13H13N5/c14-13-16-12-8-4-7-11(18(12)17-13)15-9-10-5-2-1-3-6-10/h1-8,15H,9H2,(H2,14,17). The van der Waals surface area contributed by atoms with Crippen LogP contribution in [-0.4, -0.2) is 14.6 Å². The highest BCUT2D eigenvalue weighted by Gasteiger charge is 2.03. The van der Waals surface area contributed by atoms with Crippen molar-refractivity contribution in [3.8, 4) is 0 Å². The van der Waals surface area contributed by atoms with E-state index < -0.39 is 0 Å². The van der Waals surface area contributed by atoms with E-state index in [1.807, 2.05) is 36.4 Å². The lowest BCUT2D eigenvalue weighted by atomic mass is 10.2. The molecule has 5 heteroatoms. The lowest BCUT2D eigenvalue weighted by Crippen LogP contribution is -2.04. The molecule has 3 rings (SSSR count). The van der Waals surface area contributed by atoms with E-state index in [4.69, 9.17) is 5.73 Å². The summed E-state index contributed by atoms with van der Waals surface area (Å²) < 4.78 is 1.71. The Morgan fingerprint density at radius 1 is 1.06 bits per heavy atom. The Bertz CT molecular complexity index is 659. The second kappa shape index (κ2) is 4.37. The summed E-state index contributed by atoms with van der Waals surface area (Å²) in [5.74, 6) is 1.16. The number of nitrogens with one attached hydrogen (secondary N) is 1. The van der Waals surface area contributed by atoms with Gasteiger partial charge in [-0.15, -0.1) is 5.10 Å². The molecular weight excluding hydrogens is 226 g/mol. The second-order valence-corrected chi connectivity index (χ2v) is 3.99. The Hall–Kier alpha value is -2.56. The summed E-state index contributed by atoms with van der Waals surface area (Å²) in [7, 11) is 0. The Kier molecular flexibility index (Phi) is 2.57. The maximum atomic E-state index is 5.60. The molecule has 0 saturated heterocycles. The SMILES string of the molecule is Nc1nc2cccc(NCc3ccccc3)n2n1. The van der Waals surface area contributed by atoms with Crippen molar-refractivity contribution >= 4 is 17.4 Å². The van der Waals surface area contributed by atoms with Gasteiger partial charge in [0, 0.05) is 6.54 Å². The molecule has 0 bridgehead atoms. The van der Waals surface area contributed by atoms with Crippen LogP contribution in [0.1, 0.15) is 5.56 Å². The summed E-state index contributed by atoms with van der Waals surface area (Å²) >= 11 is 0. The van der Waals surface area contributed by atoms with Crippen molar-refractivity contribution < 1.29 is 0 Å². The van der Waals surface area contributed by atoms with Crippen LogP contribution in [0.5, 0.6) is 0 Å². The van der Waals surface area contributed by atoms with Gasteiger partial charge in [-0.2, -0.15) is 9.50 Å². The normalized spacial score (nSPS) is 10.7. The van der Waals surface area contributed by atoms with E-state index >= 15 is 0 Å². The molecule has 0 aliphatic rings. The largest absolute Gasteiger partial charge is 0.366 e. The van der Waals surface area contributed by atoms with Crippen LogP contribution < -0.4 is 11.1 Å². The molecule has 0 saturated carbocycles. The first-order chi connectivity index (χ1) is 8.83. The summed E-state index contributed by atoms with van der Waals surface area (Å²) in [6.45, 7) is 0.736. The lowest BCUT2D eigenvalue weighted by Gasteiger charge is -2.07. The first-order valence-corrected chi connectivity index (χ1v) is 5.72. The van der Waals surface area contributed by atoms with Gasteiger partial charge >= 0.3 is 0 Å². The molecule has 0 radical (unpaired) electrons. The van der Waals surface area contributed by atoms with Gasteiger partial charge in [0.15, 0.2) is 5.65 Å². The number of nitrogens with zero attached hydrogens (tertiary/aromatic N) is 3. The number of benzene rings is 1. The second-order valence-electron chi connectivity index (χ2n) is 3.99. The average molecular weight is 239 g/mol. The van der Waals surface area contributed by atoms with Gasteiger partial charge in [-0.25, -0.2) is 0 Å². The third-order valence-electron chi connectivity index (χ3n) is 2.69. The van der Waals surface area contributed by atoms with Crippen molar-refractivity contribution in [2.24, 2.45) is 0 Å². The van der Waals surface area contributed by atoms with Crippen molar-refractivity contribution in [1.29, 1.82) is 0 Å². The van der Waals surface area contributed by atoms with Crippen LogP contribution in [0.25, 0.3) is 5.65 Å². The van der Waals surface area contributed by atoms with Crippen LogP contribution in [0.2, 0.25) is 0 Å². The van der Waals surface area contributed by atoms with Crippen molar-refractivity contribution in [1.82, 2.24) is 14.6 Å². The maximum absolute atomic E-state index is 5.60. The molecule has 0 atom stereocenters.